The fourth-order valence-electron chi connectivity index (χ4n) is 2.02. The second kappa shape index (κ2) is 5.84. The molecule has 1 saturated heterocycles. The van der Waals surface area contributed by atoms with Gasteiger partial charge in [0.05, 0.1) is 6.10 Å². The van der Waals surface area contributed by atoms with Crippen LogP contribution in [0, 0.1) is 10.6 Å². The van der Waals surface area contributed by atoms with Crippen molar-refractivity contribution in [2.75, 3.05) is 5.73 Å². The highest BCUT2D eigenvalue weighted by molar-refractivity contribution is 7.71. The molecule has 1 aliphatic rings. The van der Waals surface area contributed by atoms with Crippen molar-refractivity contribution in [3.05, 3.63) is 16.8 Å². The number of hydrogen-bond acceptors (Lipinski definition) is 6. The monoisotopic (exact) mass is 301 g/mol. The van der Waals surface area contributed by atoms with E-state index >= 15 is 0 Å². The second-order valence-electron chi connectivity index (χ2n) is 4.58. The van der Waals surface area contributed by atoms with Gasteiger partial charge in [0.25, 0.3) is 0 Å². The third kappa shape index (κ3) is 2.96. The lowest BCUT2D eigenvalue weighted by atomic mass is 10.2. The van der Waals surface area contributed by atoms with Gasteiger partial charge in [0.15, 0.2) is 11.6 Å². The summed E-state index contributed by atoms with van der Waals surface area (Å²) in [6, 6.07) is 0. The third-order valence-corrected chi connectivity index (χ3v) is 3.45. The molecule has 0 amide bonds. The Kier molecular flexibility index (Phi) is 4.34. The van der Waals surface area contributed by atoms with E-state index in [-0.39, 0.29) is 28.8 Å². The lowest BCUT2D eigenvalue weighted by Gasteiger charge is -2.14. The van der Waals surface area contributed by atoms with E-state index in [1.54, 1.807) is 13.8 Å². The maximum absolute atomic E-state index is 13.5. The smallest absolute Gasteiger partial charge is 0.305 e. The van der Waals surface area contributed by atoms with Crippen molar-refractivity contribution in [1.29, 1.82) is 0 Å². The molecule has 2 heterocycles. The van der Waals surface area contributed by atoms with Crippen LogP contribution >= 0.6 is 12.2 Å². The molecule has 0 saturated carbocycles. The number of rotatable bonds is 3. The zero-order valence-corrected chi connectivity index (χ0v) is 12.0. The van der Waals surface area contributed by atoms with Crippen LogP contribution in [-0.2, 0) is 14.3 Å². The number of nitrogens with zero attached hydrogens (tertiary/aromatic N) is 2. The van der Waals surface area contributed by atoms with Crippen molar-refractivity contribution >= 4 is 24.0 Å². The average molecular weight is 301 g/mol. The minimum atomic E-state index is -0.663. The molecule has 0 radical (unpaired) electrons. The first-order chi connectivity index (χ1) is 9.42. The molecule has 2 N–H and O–H groups in total. The largest absolute Gasteiger partial charge is 0.459 e. The summed E-state index contributed by atoms with van der Waals surface area (Å²) in [5, 5.41) is 0. The number of nitrogen functional groups attached to an aromatic ring is 1. The molecular weight excluding hydrogens is 285 g/mol. The molecular formula is C12H16FN3O3S. The van der Waals surface area contributed by atoms with Gasteiger partial charge in [-0.05, 0) is 19.1 Å². The van der Waals surface area contributed by atoms with Gasteiger partial charge < -0.3 is 15.2 Å². The molecule has 0 unspecified atom stereocenters. The van der Waals surface area contributed by atoms with E-state index in [2.05, 4.69) is 4.98 Å². The number of ether oxygens (including phenoxy) is 2. The Hall–Kier alpha value is -1.54. The van der Waals surface area contributed by atoms with Gasteiger partial charge in [0, 0.05) is 19.0 Å². The Morgan fingerprint density at radius 1 is 1.75 bits per heavy atom. The molecule has 0 spiro atoms. The van der Waals surface area contributed by atoms with Gasteiger partial charge in [0.2, 0.25) is 4.77 Å². The van der Waals surface area contributed by atoms with Gasteiger partial charge in [-0.2, -0.15) is 4.98 Å². The highest BCUT2D eigenvalue weighted by atomic mass is 32.1. The molecule has 0 bridgehead atoms. The first-order valence-electron chi connectivity index (χ1n) is 6.31. The molecule has 8 heteroatoms. The Morgan fingerprint density at radius 2 is 2.45 bits per heavy atom. The SMILES string of the molecule is CCC(=O)O[C@H]1C[C@H](n2cc(F)c(N)nc2=S)O[C@@H]1C. The summed E-state index contributed by atoms with van der Waals surface area (Å²) in [5.74, 6) is -1.20. The maximum atomic E-state index is 13.5. The zero-order chi connectivity index (χ0) is 14.9. The highest BCUT2D eigenvalue weighted by Gasteiger charge is 2.36. The van der Waals surface area contributed by atoms with Crippen LogP contribution in [0.3, 0.4) is 0 Å². The maximum Gasteiger partial charge on any atom is 0.305 e. The number of esters is 1. The van der Waals surface area contributed by atoms with Crippen LogP contribution in [0.1, 0.15) is 32.9 Å². The molecule has 2 rings (SSSR count). The zero-order valence-electron chi connectivity index (χ0n) is 11.2. The van der Waals surface area contributed by atoms with Crippen LogP contribution in [0.4, 0.5) is 10.2 Å². The normalized spacial score (nSPS) is 25.6. The quantitative estimate of drug-likeness (QED) is 0.679. The number of carbonyl (C=O) groups is 1. The first-order valence-corrected chi connectivity index (χ1v) is 6.72. The molecule has 1 aromatic heterocycles. The predicted octanol–water partition coefficient (Wildman–Crippen LogP) is 1.96. The van der Waals surface area contributed by atoms with E-state index in [9.17, 15) is 9.18 Å². The van der Waals surface area contributed by atoms with Crippen molar-refractivity contribution in [1.82, 2.24) is 9.55 Å². The second-order valence-corrected chi connectivity index (χ2v) is 4.94. The summed E-state index contributed by atoms with van der Waals surface area (Å²) in [6.45, 7) is 3.51. The third-order valence-electron chi connectivity index (χ3n) is 3.15. The fourth-order valence-corrected chi connectivity index (χ4v) is 2.29. The van der Waals surface area contributed by atoms with Gasteiger partial charge in [-0.1, -0.05) is 6.92 Å². The van der Waals surface area contributed by atoms with Crippen LogP contribution in [0.5, 0.6) is 0 Å². The predicted molar refractivity (Wildman–Crippen MR) is 71.8 cm³/mol. The van der Waals surface area contributed by atoms with Crippen molar-refractivity contribution in [2.24, 2.45) is 0 Å². The van der Waals surface area contributed by atoms with Gasteiger partial charge in [-0.25, -0.2) is 4.39 Å². The number of aromatic nitrogens is 2. The highest BCUT2D eigenvalue weighted by Crippen LogP contribution is 2.31. The minimum absolute atomic E-state index is 0.128. The van der Waals surface area contributed by atoms with Gasteiger partial charge in [-0.3, -0.25) is 9.36 Å². The molecule has 110 valence electrons. The van der Waals surface area contributed by atoms with E-state index in [4.69, 9.17) is 27.4 Å². The van der Waals surface area contributed by atoms with Crippen molar-refractivity contribution in [2.45, 2.75) is 45.1 Å². The summed E-state index contributed by atoms with van der Waals surface area (Å²) in [7, 11) is 0. The van der Waals surface area contributed by atoms with Gasteiger partial charge >= 0.3 is 5.97 Å². The number of carbonyl (C=O) groups excluding carboxylic acids is 1. The van der Waals surface area contributed by atoms with Crippen LogP contribution in [0.2, 0.25) is 0 Å². The summed E-state index contributed by atoms with van der Waals surface area (Å²) in [5.41, 5.74) is 5.35. The first kappa shape index (κ1) is 14.9. The average Bonchev–Trinajstić information content (AvgIpc) is 2.75. The fraction of sp³-hybridized carbons (Fsp3) is 0.583. The van der Waals surface area contributed by atoms with Crippen LogP contribution in [-0.4, -0.2) is 27.7 Å². The van der Waals surface area contributed by atoms with Crippen molar-refractivity contribution in [3.8, 4) is 0 Å². The van der Waals surface area contributed by atoms with E-state index in [0.29, 0.717) is 12.8 Å². The molecule has 1 aliphatic heterocycles. The number of nitrogens with two attached hydrogens (primary N) is 1. The van der Waals surface area contributed by atoms with E-state index < -0.39 is 12.0 Å². The van der Waals surface area contributed by atoms with Crippen LogP contribution in [0.25, 0.3) is 0 Å². The Bertz CT molecular complexity index is 578. The van der Waals surface area contributed by atoms with Gasteiger partial charge in [-0.15, -0.1) is 0 Å². The Labute approximate surface area is 120 Å². The topological polar surface area (TPSA) is 79.4 Å². The summed E-state index contributed by atoms with van der Waals surface area (Å²) < 4.78 is 25.9. The van der Waals surface area contributed by atoms with E-state index in [0.717, 1.165) is 6.20 Å². The Morgan fingerprint density at radius 3 is 3.10 bits per heavy atom. The van der Waals surface area contributed by atoms with Crippen LogP contribution < -0.4 is 5.73 Å². The van der Waals surface area contributed by atoms with Gasteiger partial charge in [0.1, 0.15) is 12.3 Å². The molecule has 0 aromatic carbocycles. The lowest BCUT2D eigenvalue weighted by molar-refractivity contribution is -0.151. The summed E-state index contributed by atoms with van der Waals surface area (Å²) >= 11 is 5.04. The molecule has 20 heavy (non-hydrogen) atoms. The molecule has 6 nitrogen and oxygen atoms in total. The number of hydrogen-bond donors (Lipinski definition) is 1. The summed E-state index contributed by atoms with van der Waals surface area (Å²) in [4.78, 5) is 15.1. The van der Waals surface area contributed by atoms with E-state index in [1.165, 1.54) is 4.57 Å². The minimum Gasteiger partial charge on any atom is -0.459 e. The van der Waals surface area contributed by atoms with Crippen molar-refractivity contribution in [3.63, 3.8) is 0 Å². The Balaban J connectivity index is 2.18. The molecule has 1 fully saturated rings. The summed E-state index contributed by atoms with van der Waals surface area (Å²) in [6.07, 6.45) is 0.659. The number of anilines is 1. The molecule has 1 aromatic rings. The van der Waals surface area contributed by atoms with Crippen molar-refractivity contribution < 1.29 is 18.7 Å². The standard InChI is InChI=1S/C12H16FN3O3S/c1-3-10(17)19-8-4-9(18-6(8)2)16-5-7(13)11(14)15-12(16)20/h5-6,8-9H,3-4H2,1-2H3,(H2,14,15,20)/t6-,8+,9-/m1/s1. The van der Waals surface area contributed by atoms with Crippen LogP contribution in [0.15, 0.2) is 6.20 Å². The lowest BCUT2D eigenvalue weighted by Crippen LogP contribution is -2.24. The van der Waals surface area contributed by atoms with E-state index in [1.807, 2.05) is 0 Å². The molecule has 0 aliphatic carbocycles. The molecule has 3 atom stereocenters. The number of halogens is 1.